The van der Waals surface area contributed by atoms with Crippen molar-refractivity contribution in [2.45, 2.75) is 79.5 Å². The van der Waals surface area contributed by atoms with Crippen LogP contribution in [0.5, 0.6) is 0 Å². The van der Waals surface area contributed by atoms with E-state index in [1.165, 1.54) is 0 Å². The monoisotopic (exact) mass is 385 g/mol. The third-order valence-electron chi connectivity index (χ3n) is 3.24. The normalized spacial score (nSPS) is 13.8. The molecule has 0 rings (SSSR count). The molecule has 0 heterocycles. The number of nitrogens with one attached hydrogen (secondary N) is 4. The minimum absolute atomic E-state index is 0.0262. The van der Waals surface area contributed by atoms with Gasteiger partial charge in [0.2, 0.25) is 5.91 Å². The van der Waals surface area contributed by atoms with Gasteiger partial charge in [-0.2, -0.15) is 0 Å². The van der Waals surface area contributed by atoms with Gasteiger partial charge in [0.1, 0.15) is 12.1 Å². The molecule has 2 amide bonds. The first kappa shape index (κ1) is 25.0. The molecule has 4 N–H and O–H groups in total. The van der Waals surface area contributed by atoms with Crippen molar-refractivity contribution in [3.63, 3.8) is 0 Å². The van der Waals surface area contributed by atoms with E-state index in [-0.39, 0.29) is 30.0 Å². The van der Waals surface area contributed by atoms with Crippen molar-refractivity contribution in [3.05, 3.63) is 0 Å². The standard InChI is InChI=1S/C19H39N5O3/c1-10-20-16(22-12-15(25)24-18(4,5)6)21-11-14(13(2)3)23-17(26)27-19(7,8)9/h13-14H,10-12H2,1-9H3,(H,23,26)(H,24,25)(H2,20,21,22). The first-order valence-corrected chi connectivity index (χ1v) is 9.56. The summed E-state index contributed by atoms with van der Waals surface area (Å²) in [5.41, 5.74) is -0.839. The van der Waals surface area contributed by atoms with Gasteiger partial charge in [0.05, 0.1) is 6.04 Å². The lowest BCUT2D eigenvalue weighted by Gasteiger charge is -2.26. The van der Waals surface area contributed by atoms with Crippen molar-refractivity contribution in [1.82, 2.24) is 21.3 Å². The summed E-state index contributed by atoms with van der Waals surface area (Å²) in [7, 11) is 0. The Labute approximate surface area is 164 Å². The summed E-state index contributed by atoms with van der Waals surface area (Å²) in [5, 5.41) is 12.0. The zero-order valence-corrected chi connectivity index (χ0v) is 18.4. The number of hydrogen-bond donors (Lipinski definition) is 4. The van der Waals surface area contributed by atoms with Crippen LogP contribution in [-0.4, -0.2) is 54.8 Å². The van der Waals surface area contributed by atoms with Gasteiger partial charge >= 0.3 is 6.09 Å². The molecular formula is C19H39N5O3. The summed E-state index contributed by atoms with van der Waals surface area (Å²) >= 11 is 0. The van der Waals surface area contributed by atoms with Gasteiger partial charge < -0.3 is 26.0 Å². The Morgan fingerprint density at radius 2 is 1.63 bits per heavy atom. The number of hydrogen-bond acceptors (Lipinski definition) is 4. The third-order valence-corrected chi connectivity index (χ3v) is 3.24. The highest BCUT2D eigenvalue weighted by Crippen LogP contribution is 2.08. The SMILES string of the molecule is CCNC(=NCC(=O)NC(C)(C)C)NCC(NC(=O)OC(C)(C)C)C(C)C. The highest BCUT2D eigenvalue weighted by molar-refractivity contribution is 5.85. The molecule has 1 unspecified atom stereocenters. The van der Waals surface area contributed by atoms with Gasteiger partial charge in [-0.05, 0) is 54.4 Å². The summed E-state index contributed by atoms with van der Waals surface area (Å²) < 4.78 is 5.32. The summed E-state index contributed by atoms with van der Waals surface area (Å²) in [6.07, 6.45) is -0.450. The molecule has 0 aliphatic rings. The summed E-state index contributed by atoms with van der Waals surface area (Å²) in [6.45, 7) is 18.4. The second-order valence-electron chi connectivity index (χ2n) is 8.87. The van der Waals surface area contributed by atoms with Gasteiger partial charge in [-0.1, -0.05) is 13.8 Å². The van der Waals surface area contributed by atoms with Gasteiger partial charge in [0, 0.05) is 18.6 Å². The predicted octanol–water partition coefficient (Wildman–Crippen LogP) is 2.01. The average Bonchev–Trinajstić information content (AvgIpc) is 2.44. The molecule has 0 aromatic carbocycles. The van der Waals surface area contributed by atoms with Crippen LogP contribution >= 0.6 is 0 Å². The van der Waals surface area contributed by atoms with Crippen molar-refractivity contribution >= 4 is 18.0 Å². The molecule has 0 aromatic rings. The van der Waals surface area contributed by atoms with Gasteiger partial charge in [-0.25, -0.2) is 9.79 Å². The lowest BCUT2D eigenvalue weighted by Crippen LogP contribution is -2.50. The topological polar surface area (TPSA) is 104 Å². The average molecular weight is 386 g/mol. The van der Waals surface area contributed by atoms with E-state index in [0.29, 0.717) is 19.0 Å². The maximum absolute atomic E-state index is 12.0. The highest BCUT2D eigenvalue weighted by Gasteiger charge is 2.21. The molecule has 0 aliphatic carbocycles. The van der Waals surface area contributed by atoms with Crippen LogP contribution in [0.25, 0.3) is 0 Å². The Kier molecular flexibility index (Phi) is 10.2. The Morgan fingerprint density at radius 3 is 2.07 bits per heavy atom. The van der Waals surface area contributed by atoms with Crippen LogP contribution in [0.15, 0.2) is 4.99 Å². The lowest BCUT2D eigenvalue weighted by atomic mass is 10.0. The molecule has 158 valence electrons. The number of amides is 2. The first-order chi connectivity index (χ1) is 12.2. The smallest absolute Gasteiger partial charge is 0.407 e. The fraction of sp³-hybridized carbons (Fsp3) is 0.842. The number of aliphatic imine (C=N–C) groups is 1. The number of alkyl carbamates (subject to hydrolysis) is 1. The second kappa shape index (κ2) is 11.0. The molecule has 27 heavy (non-hydrogen) atoms. The lowest BCUT2D eigenvalue weighted by molar-refractivity contribution is -0.121. The number of carbonyl (C=O) groups excluding carboxylic acids is 2. The van der Waals surface area contributed by atoms with Crippen LogP contribution in [0.1, 0.15) is 62.3 Å². The van der Waals surface area contributed by atoms with Gasteiger partial charge in [-0.15, -0.1) is 0 Å². The molecule has 8 nitrogen and oxygen atoms in total. The fourth-order valence-electron chi connectivity index (χ4n) is 2.07. The summed E-state index contributed by atoms with van der Waals surface area (Å²) in [4.78, 5) is 28.3. The van der Waals surface area contributed by atoms with E-state index < -0.39 is 11.7 Å². The highest BCUT2D eigenvalue weighted by atomic mass is 16.6. The minimum Gasteiger partial charge on any atom is -0.444 e. The van der Waals surface area contributed by atoms with Gasteiger partial charge in [-0.3, -0.25) is 4.79 Å². The van der Waals surface area contributed by atoms with E-state index in [9.17, 15) is 9.59 Å². The Balaban J connectivity index is 4.79. The minimum atomic E-state index is -0.546. The Hall–Kier alpha value is -1.99. The van der Waals surface area contributed by atoms with Crippen molar-refractivity contribution in [3.8, 4) is 0 Å². The van der Waals surface area contributed by atoms with Crippen LogP contribution in [-0.2, 0) is 9.53 Å². The number of rotatable bonds is 7. The Morgan fingerprint density at radius 1 is 1.04 bits per heavy atom. The van der Waals surface area contributed by atoms with Crippen LogP contribution in [0, 0.1) is 5.92 Å². The molecular weight excluding hydrogens is 346 g/mol. The van der Waals surface area contributed by atoms with Crippen molar-refractivity contribution in [2.75, 3.05) is 19.6 Å². The van der Waals surface area contributed by atoms with E-state index in [2.05, 4.69) is 26.3 Å². The molecule has 1 atom stereocenters. The van der Waals surface area contributed by atoms with Gasteiger partial charge in [0.25, 0.3) is 0 Å². The molecule has 0 aliphatic heterocycles. The maximum Gasteiger partial charge on any atom is 0.407 e. The summed E-state index contributed by atoms with van der Waals surface area (Å²) in [6, 6.07) is -0.146. The molecule has 0 aromatic heterocycles. The molecule has 0 saturated carbocycles. The third kappa shape index (κ3) is 13.8. The van der Waals surface area contributed by atoms with Crippen molar-refractivity contribution in [1.29, 1.82) is 0 Å². The first-order valence-electron chi connectivity index (χ1n) is 9.56. The molecule has 0 fully saturated rings. The molecule has 0 saturated heterocycles. The Bertz CT molecular complexity index is 504. The van der Waals surface area contributed by atoms with E-state index in [0.717, 1.165) is 0 Å². The van der Waals surface area contributed by atoms with E-state index in [1.807, 2.05) is 62.3 Å². The number of carbonyl (C=O) groups is 2. The maximum atomic E-state index is 12.0. The van der Waals surface area contributed by atoms with Crippen molar-refractivity contribution < 1.29 is 14.3 Å². The number of nitrogens with zero attached hydrogens (tertiary/aromatic N) is 1. The van der Waals surface area contributed by atoms with Crippen molar-refractivity contribution in [2.24, 2.45) is 10.9 Å². The quantitative estimate of drug-likeness (QED) is 0.396. The van der Waals surface area contributed by atoms with E-state index in [1.54, 1.807) is 0 Å². The second-order valence-corrected chi connectivity index (χ2v) is 8.87. The van der Waals surface area contributed by atoms with Crippen LogP contribution in [0.4, 0.5) is 4.79 Å². The summed E-state index contributed by atoms with van der Waals surface area (Å²) in [5.74, 6) is 0.572. The predicted molar refractivity (Wildman–Crippen MR) is 110 cm³/mol. The zero-order valence-electron chi connectivity index (χ0n) is 18.4. The molecule has 8 heteroatoms. The zero-order chi connectivity index (χ0) is 21.3. The largest absolute Gasteiger partial charge is 0.444 e. The molecule has 0 spiro atoms. The van der Waals surface area contributed by atoms with E-state index >= 15 is 0 Å². The number of guanidine groups is 1. The van der Waals surface area contributed by atoms with Crippen LogP contribution in [0.2, 0.25) is 0 Å². The van der Waals surface area contributed by atoms with Crippen LogP contribution in [0.3, 0.4) is 0 Å². The number of ether oxygens (including phenoxy) is 1. The fourth-order valence-corrected chi connectivity index (χ4v) is 2.07. The van der Waals surface area contributed by atoms with Crippen LogP contribution < -0.4 is 21.3 Å². The molecule has 0 bridgehead atoms. The molecule has 0 radical (unpaired) electrons. The van der Waals surface area contributed by atoms with E-state index in [4.69, 9.17) is 4.74 Å². The van der Waals surface area contributed by atoms with Gasteiger partial charge in [0.15, 0.2) is 5.96 Å².